The van der Waals surface area contributed by atoms with Crippen LogP contribution < -0.4 is 11.1 Å². The maximum Gasteiger partial charge on any atom is 0.236 e. The molecule has 0 radical (unpaired) electrons. The fourth-order valence-electron chi connectivity index (χ4n) is 2.30. The van der Waals surface area contributed by atoms with Crippen molar-refractivity contribution >= 4 is 5.91 Å². The Labute approximate surface area is 92.8 Å². The van der Waals surface area contributed by atoms with Gasteiger partial charge in [-0.15, -0.1) is 0 Å². The average Bonchev–Trinajstić information content (AvgIpc) is 2.18. The van der Waals surface area contributed by atoms with Crippen LogP contribution in [0.1, 0.15) is 46.5 Å². The molecule has 0 bridgehead atoms. The van der Waals surface area contributed by atoms with E-state index >= 15 is 0 Å². The SMILES string of the molecule is CC(N)C(=O)NC1CCCC(C(C)C)C1. The number of amides is 1. The minimum Gasteiger partial charge on any atom is -0.352 e. The van der Waals surface area contributed by atoms with Gasteiger partial charge in [0.05, 0.1) is 6.04 Å². The highest BCUT2D eigenvalue weighted by molar-refractivity contribution is 5.81. The van der Waals surface area contributed by atoms with E-state index in [1.54, 1.807) is 6.92 Å². The lowest BCUT2D eigenvalue weighted by atomic mass is 9.79. The largest absolute Gasteiger partial charge is 0.352 e. The number of hydrogen-bond acceptors (Lipinski definition) is 2. The molecule has 1 aliphatic carbocycles. The summed E-state index contributed by atoms with van der Waals surface area (Å²) in [5, 5.41) is 3.04. The van der Waals surface area contributed by atoms with E-state index in [-0.39, 0.29) is 11.9 Å². The molecule has 0 saturated heterocycles. The quantitative estimate of drug-likeness (QED) is 0.747. The van der Waals surface area contributed by atoms with Crippen molar-refractivity contribution < 1.29 is 4.79 Å². The van der Waals surface area contributed by atoms with Gasteiger partial charge in [-0.05, 0) is 31.6 Å². The molecule has 1 amide bonds. The topological polar surface area (TPSA) is 55.1 Å². The minimum atomic E-state index is -0.385. The Morgan fingerprint density at radius 1 is 1.33 bits per heavy atom. The highest BCUT2D eigenvalue weighted by atomic mass is 16.2. The molecule has 3 heteroatoms. The Morgan fingerprint density at radius 3 is 2.53 bits per heavy atom. The van der Waals surface area contributed by atoms with Crippen LogP contribution in [0.3, 0.4) is 0 Å². The lowest BCUT2D eigenvalue weighted by Crippen LogP contribution is -2.45. The zero-order valence-electron chi connectivity index (χ0n) is 10.1. The second-order valence-electron chi connectivity index (χ2n) is 5.16. The van der Waals surface area contributed by atoms with E-state index in [0.717, 1.165) is 24.7 Å². The van der Waals surface area contributed by atoms with Crippen LogP contribution in [-0.4, -0.2) is 18.0 Å². The van der Waals surface area contributed by atoms with E-state index in [9.17, 15) is 4.79 Å². The van der Waals surface area contributed by atoms with Crippen molar-refractivity contribution in [1.82, 2.24) is 5.32 Å². The van der Waals surface area contributed by atoms with Gasteiger partial charge in [0, 0.05) is 6.04 Å². The van der Waals surface area contributed by atoms with Gasteiger partial charge in [0.15, 0.2) is 0 Å². The molecule has 1 saturated carbocycles. The van der Waals surface area contributed by atoms with Gasteiger partial charge in [0.1, 0.15) is 0 Å². The fraction of sp³-hybridized carbons (Fsp3) is 0.917. The van der Waals surface area contributed by atoms with Crippen LogP contribution in [0.2, 0.25) is 0 Å². The normalized spacial score (nSPS) is 28.9. The number of nitrogens with two attached hydrogens (primary N) is 1. The summed E-state index contributed by atoms with van der Waals surface area (Å²) in [5.41, 5.74) is 5.54. The summed E-state index contributed by atoms with van der Waals surface area (Å²) in [6.45, 7) is 6.26. The minimum absolute atomic E-state index is 0.00981. The van der Waals surface area contributed by atoms with Crippen LogP contribution in [0, 0.1) is 11.8 Å². The van der Waals surface area contributed by atoms with E-state index in [4.69, 9.17) is 5.73 Å². The monoisotopic (exact) mass is 212 g/mol. The zero-order chi connectivity index (χ0) is 11.4. The maximum atomic E-state index is 11.5. The predicted molar refractivity (Wildman–Crippen MR) is 62.4 cm³/mol. The first-order chi connectivity index (χ1) is 7.00. The molecule has 0 aliphatic heterocycles. The molecule has 3 atom stereocenters. The summed E-state index contributed by atoms with van der Waals surface area (Å²) >= 11 is 0. The highest BCUT2D eigenvalue weighted by Crippen LogP contribution is 2.29. The van der Waals surface area contributed by atoms with Crippen LogP contribution in [0.15, 0.2) is 0 Å². The molecular formula is C12H24N2O. The van der Waals surface area contributed by atoms with E-state index in [1.165, 1.54) is 12.8 Å². The van der Waals surface area contributed by atoms with Gasteiger partial charge in [-0.2, -0.15) is 0 Å². The van der Waals surface area contributed by atoms with Crippen LogP contribution in [0.5, 0.6) is 0 Å². The van der Waals surface area contributed by atoms with E-state index in [1.807, 2.05) is 0 Å². The molecule has 0 aromatic rings. The molecule has 0 spiro atoms. The molecule has 3 unspecified atom stereocenters. The zero-order valence-corrected chi connectivity index (χ0v) is 10.1. The third-order valence-corrected chi connectivity index (χ3v) is 3.42. The molecule has 3 N–H and O–H groups in total. The second-order valence-corrected chi connectivity index (χ2v) is 5.16. The Bertz CT molecular complexity index is 214. The van der Waals surface area contributed by atoms with Gasteiger partial charge in [0.25, 0.3) is 0 Å². The van der Waals surface area contributed by atoms with E-state index in [2.05, 4.69) is 19.2 Å². The standard InChI is InChI=1S/C12H24N2O/c1-8(2)10-5-4-6-11(7-10)14-12(15)9(3)13/h8-11H,4-7,13H2,1-3H3,(H,14,15). The first kappa shape index (κ1) is 12.5. The fourth-order valence-corrected chi connectivity index (χ4v) is 2.30. The molecular weight excluding hydrogens is 188 g/mol. The number of carbonyl (C=O) groups is 1. The molecule has 15 heavy (non-hydrogen) atoms. The molecule has 88 valence electrons. The van der Waals surface area contributed by atoms with Crippen molar-refractivity contribution in [2.45, 2.75) is 58.5 Å². The smallest absolute Gasteiger partial charge is 0.236 e. The number of rotatable bonds is 3. The molecule has 3 nitrogen and oxygen atoms in total. The van der Waals surface area contributed by atoms with Crippen molar-refractivity contribution in [2.75, 3.05) is 0 Å². The van der Waals surface area contributed by atoms with Crippen LogP contribution in [0.4, 0.5) is 0 Å². The molecule has 0 heterocycles. The van der Waals surface area contributed by atoms with E-state index in [0.29, 0.717) is 6.04 Å². The van der Waals surface area contributed by atoms with Gasteiger partial charge in [-0.3, -0.25) is 4.79 Å². The van der Waals surface area contributed by atoms with Crippen molar-refractivity contribution in [1.29, 1.82) is 0 Å². The Morgan fingerprint density at radius 2 is 2.00 bits per heavy atom. The summed E-state index contributed by atoms with van der Waals surface area (Å²) in [4.78, 5) is 11.5. The highest BCUT2D eigenvalue weighted by Gasteiger charge is 2.25. The Hall–Kier alpha value is -0.570. The Kier molecular flexibility index (Phi) is 4.58. The van der Waals surface area contributed by atoms with Gasteiger partial charge in [-0.1, -0.05) is 26.7 Å². The molecule has 1 aliphatic rings. The van der Waals surface area contributed by atoms with Crippen LogP contribution in [0.25, 0.3) is 0 Å². The van der Waals surface area contributed by atoms with Crippen molar-refractivity contribution in [2.24, 2.45) is 17.6 Å². The first-order valence-electron chi connectivity index (χ1n) is 6.06. The summed E-state index contributed by atoms with van der Waals surface area (Å²) in [7, 11) is 0. The van der Waals surface area contributed by atoms with Crippen LogP contribution >= 0.6 is 0 Å². The second kappa shape index (κ2) is 5.50. The van der Waals surface area contributed by atoms with Crippen LogP contribution in [-0.2, 0) is 4.79 Å². The number of hydrogen-bond donors (Lipinski definition) is 2. The van der Waals surface area contributed by atoms with Gasteiger partial charge >= 0.3 is 0 Å². The van der Waals surface area contributed by atoms with Crippen molar-refractivity contribution in [3.63, 3.8) is 0 Å². The third kappa shape index (κ3) is 3.82. The first-order valence-corrected chi connectivity index (χ1v) is 6.06. The average molecular weight is 212 g/mol. The summed E-state index contributed by atoms with van der Waals surface area (Å²) < 4.78 is 0. The molecule has 0 aromatic carbocycles. The lowest BCUT2D eigenvalue weighted by molar-refractivity contribution is -0.123. The third-order valence-electron chi connectivity index (χ3n) is 3.42. The lowest BCUT2D eigenvalue weighted by Gasteiger charge is -2.32. The van der Waals surface area contributed by atoms with Crippen molar-refractivity contribution in [3.05, 3.63) is 0 Å². The molecule has 1 rings (SSSR count). The number of carbonyl (C=O) groups excluding carboxylic acids is 1. The molecule has 0 aromatic heterocycles. The molecule has 1 fully saturated rings. The summed E-state index contributed by atoms with van der Waals surface area (Å²) in [5.74, 6) is 1.47. The van der Waals surface area contributed by atoms with E-state index < -0.39 is 0 Å². The van der Waals surface area contributed by atoms with Gasteiger partial charge < -0.3 is 11.1 Å². The van der Waals surface area contributed by atoms with Crippen molar-refractivity contribution in [3.8, 4) is 0 Å². The van der Waals surface area contributed by atoms with Gasteiger partial charge in [0.2, 0.25) is 5.91 Å². The summed E-state index contributed by atoms with van der Waals surface area (Å²) in [6.07, 6.45) is 4.77. The Balaban J connectivity index is 2.39. The maximum absolute atomic E-state index is 11.5. The predicted octanol–water partition coefficient (Wildman–Crippen LogP) is 1.66. The van der Waals surface area contributed by atoms with Gasteiger partial charge in [-0.25, -0.2) is 0 Å². The summed E-state index contributed by atoms with van der Waals surface area (Å²) in [6, 6.07) is -0.0333. The number of nitrogens with one attached hydrogen (secondary N) is 1.